The predicted molar refractivity (Wildman–Crippen MR) is 142 cm³/mol. The molecule has 3 heterocycles. The van der Waals surface area contributed by atoms with Gasteiger partial charge < -0.3 is 5.11 Å². The summed E-state index contributed by atoms with van der Waals surface area (Å²) in [4.78, 5) is 30.3. The number of nitrogens with one attached hydrogen (secondary N) is 1. The van der Waals surface area contributed by atoms with Gasteiger partial charge in [-0.2, -0.15) is 0 Å². The smallest absolute Gasteiger partial charge is 0.328 e. The second-order valence-electron chi connectivity index (χ2n) is 10.0. The van der Waals surface area contributed by atoms with E-state index in [9.17, 15) is 14.7 Å². The van der Waals surface area contributed by atoms with Crippen LogP contribution in [-0.2, 0) is 17.8 Å². The van der Waals surface area contributed by atoms with Crippen molar-refractivity contribution >= 4 is 5.97 Å². The number of carboxylic acids is 1. The molecule has 0 saturated heterocycles. The van der Waals surface area contributed by atoms with Crippen molar-refractivity contribution in [2.45, 2.75) is 65.0 Å². The molecule has 1 aliphatic carbocycles. The number of tetrazole rings is 1. The predicted octanol–water partition coefficient (Wildman–Crippen LogP) is 4.34. The van der Waals surface area contributed by atoms with Crippen molar-refractivity contribution in [3.8, 4) is 22.5 Å². The van der Waals surface area contributed by atoms with Crippen LogP contribution in [0.2, 0.25) is 0 Å². The largest absolute Gasteiger partial charge is 0.481 e. The van der Waals surface area contributed by atoms with Crippen molar-refractivity contribution in [3.05, 3.63) is 70.7 Å². The first-order chi connectivity index (χ1) is 18.5. The minimum atomic E-state index is -0.820. The maximum atomic E-state index is 13.9. The quantitative estimate of drug-likeness (QED) is 0.321. The number of hydrogen-bond acceptors (Lipinski definition) is 6. The average molecular weight is 516 g/mol. The Bertz CT molecular complexity index is 1440. The van der Waals surface area contributed by atoms with E-state index in [0.29, 0.717) is 18.8 Å². The second kappa shape index (κ2) is 11.1. The Morgan fingerprint density at radius 2 is 1.92 bits per heavy atom. The zero-order valence-electron chi connectivity index (χ0n) is 21.7. The first kappa shape index (κ1) is 25.6. The van der Waals surface area contributed by atoms with Crippen LogP contribution in [0.4, 0.5) is 0 Å². The van der Waals surface area contributed by atoms with Crippen LogP contribution in [0.25, 0.3) is 22.5 Å². The van der Waals surface area contributed by atoms with Gasteiger partial charge in [-0.25, -0.2) is 9.89 Å². The number of nitrogens with zero attached hydrogens (tertiary/aromatic N) is 6. The summed E-state index contributed by atoms with van der Waals surface area (Å²) in [5, 5.41) is 23.9. The molecule has 1 fully saturated rings. The van der Waals surface area contributed by atoms with Crippen LogP contribution in [0.1, 0.15) is 63.3 Å². The maximum Gasteiger partial charge on any atom is 0.328 e. The number of pyridine rings is 1. The number of imidazole rings is 1. The molecule has 10 heteroatoms. The zero-order chi connectivity index (χ0) is 26.6. The van der Waals surface area contributed by atoms with Crippen molar-refractivity contribution in [2.75, 3.05) is 0 Å². The number of aliphatic carboxylic acids is 1. The fourth-order valence-electron chi connectivity index (χ4n) is 5.78. The van der Waals surface area contributed by atoms with Gasteiger partial charge in [-0.15, -0.1) is 5.10 Å². The van der Waals surface area contributed by atoms with Gasteiger partial charge >= 0.3 is 11.7 Å². The summed E-state index contributed by atoms with van der Waals surface area (Å²) in [7, 11) is 0. The van der Waals surface area contributed by atoms with E-state index in [2.05, 4.69) is 39.5 Å². The Morgan fingerprint density at radius 1 is 1.13 bits per heavy atom. The van der Waals surface area contributed by atoms with E-state index in [4.69, 9.17) is 0 Å². The summed E-state index contributed by atoms with van der Waals surface area (Å²) in [6.07, 6.45) is 10.5. The molecule has 3 aromatic heterocycles. The van der Waals surface area contributed by atoms with Crippen LogP contribution in [0.15, 0.2) is 53.7 Å². The van der Waals surface area contributed by atoms with Crippen molar-refractivity contribution in [2.24, 2.45) is 11.8 Å². The number of carbonyl (C=O) groups is 1. The number of benzene rings is 1. The molecule has 0 radical (unpaired) electrons. The van der Waals surface area contributed by atoms with E-state index in [1.54, 1.807) is 10.8 Å². The fraction of sp³-hybridized carbons (Fsp3) is 0.429. The lowest BCUT2D eigenvalue weighted by molar-refractivity contribution is -0.142. The number of unbranched alkanes of at least 4 members (excludes halogenated alkanes) is 1. The summed E-state index contributed by atoms with van der Waals surface area (Å²) >= 11 is 0. The monoisotopic (exact) mass is 515 g/mol. The van der Waals surface area contributed by atoms with Crippen molar-refractivity contribution in [1.29, 1.82) is 0 Å². The van der Waals surface area contributed by atoms with Crippen molar-refractivity contribution < 1.29 is 9.90 Å². The topological polar surface area (TPSA) is 132 Å². The Balaban J connectivity index is 1.52. The highest BCUT2D eigenvalue weighted by atomic mass is 16.4. The van der Waals surface area contributed by atoms with Crippen LogP contribution in [0.3, 0.4) is 0 Å². The standard InChI is InChI=1S/C28H33N7O3/c1-3-5-6-22-17-35(25-18(4-2)11-12-24(25)27(36)37)28(38)34(22)16-21-15-29-14-13-23(21)19-7-9-20(10-8-19)26-30-32-33-31-26/h7-10,13-15,17-18,24-25H,3-6,11-12,16H2,1-2H3,(H,36,37)(H,30,31,32,33). The Hall–Kier alpha value is -4.08. The third-order valence-electron chi connectivity index (χ3n) is 7.83. The first-order valence-corrected chi connectivity index (χ1v) is 13.3. The summed E-state index contributed by atoms with van der Waals surface area (Å²) in [6, 6.07) is 9.55. The number of aromatic amines is 1. The third kappa shape index (κ3) is 4.90. The van der Waals surface area contributed by atoms with Crippen LogP contribution < -0.4 is 5.69 Å². The average Bonchev–Trinajstić information content (AvgIpc) is 3.68. The number of rotatable bonds is 10. The van der Waals surface area contributed by atoms with Crippen LogP contribution in [0, 0.1) is 11.8 Å². The minimum absolute atomic E-state index is 0.143. The van der Waals surface area contributed by atoms with E-state index in [1.165, 1.54) is 0 Å². The first-order valence-electron chi connectivity index (χ1n) is 13.3. The molecule has 3 atom stereocenters. The van der Waals surface area contributed by atoms with Gasteiger partial charge in [-0.05, 0) is 64.8 Å². The minimum Gasteiger partial charge on any atom is -0.481 e. The van der Waals surface area contributed by atoms with Crippen LogP contribution in [-0.4, -0.2) is 45.8 Å². The normalized spacial score (nSPS) is 19.2. The summed E-state index contributed by atoms with van der Waals surface area (Å²) < 4.78 is 3.54. The molecule has 198 valence electrons. The molecule has 0 spiro atoms. The molecule has 5 rings (SSSR count). The van der Waals surface area contributed by atoms with Gasteiger partial charge in [0.25, 0.3) is 0 Å². The fourth-order valence-corrected chi connectivity index (χ4v) is 5.78. The molecule has 0 bridgehead atoms. The van der Waals surface area contributed by atoms with Gasteiger partial charge in [-0.3, -0.25) is 18.9 Å². The molecule has 0 aliphatic heterocycles. The molecule has 38 heavy (non-hydrogen) atoms. The number of aromatic nitrogens is 7. The van der Waals surface area contributed by atoms with E-state index >= 15 is 0 Å². The molecular weight excluding hydrogens is 482 g/mol. The molecule has 3 unspecified atom stereocenters. The second-order valence-corrected chi connectivity index (χ2v) is 10.0. The molecule has 2 N–H and O–H groups in total. The highest BCUT2D eigenvalue weighted by Crippen LogP contribution is 2.42. The van der Waals surface area contributed by atoms with Gasteiger partial charge in [0.1, 0.15) is 0 Å². The third-order valence-corrected chi connectivity index (χ3v) is 7.83. The van der Waals surface area contributed by atoms with Crippen molar-refractivity contribution in [3.63, 3.8) is 0 Å². The SMILES string of the molecule is CCCCc1cn(C2C(CC)CCC2C(=O)O)c(=O)n1Cc1cnccc1-c1ccc(-c2nnn[nH]2)cc1. The number of H-pyrrole nitrogens is 1. The van der Waals surface area contributed by atoms with Gasteiger partial charge in [0.15, 0.2) is 5.82 Å². The maximum absolute atomic E-state index is 13.9. The van der Waals surface area contributed by atoms with Gasteiger partial charge in [0, 0.05) is 29.8 Å². The lowest BCUT2D eigenvalue weighted by atomic mass is 9.95. The van der Waals surface area contributed by atoms with Crippen LogP contribution in [0.5, 0.6) is 0 Å². The Morgan fingerprint density at radius 3 is 2.61 bits per heavy atom. The highest BCUT2D eigenvalue weighted by Gasteiger charge is 2.41. The molecule has 1 saturated carbocycles. The van der Waals surface area contributed by atoms with Crippen LogP contribution >= 0.6 is 0 Å². The summed E-state index contributed by atoms with van der Waals surface area (Å²) in [6.45, 7) is 4.57. The summed E-state index contributed by atoms with van der Waals surface area (Å²) in [5.74, 6) is -0.591. The summed E-state index contributed by atoms with van der Waals surface area (Å²) in [5.41, 5.74) is 4.57. The van der Waals surface area contributed by atoms with E-state index in [-0.39, 0.29) is 17.6 Å². The van der Waals surface area contributed by atoms with Gasteiger partial charge in [-0.1, -0.05) is 51.0 Å². The number of aryl methyl sites for hydroxylation is 1. The van der Waals surface area contributed by atoms with Gasteiger partial charge in [0.05, 0.1) is 18.5 Å². The van der Waals surface area contributed by atoms with E-state index < -0.39 is 11.9 Å². The van der Waals surface area contributed by atoms with E-state index in [1.807, 2.05) is 47.3 Å². The lowest BCUT2D eigenvalue weighted by Crippen LogP contribution is -2.34. The van der Waals surface area contributed by atoms with Gasteiger partial charge in [0.2, 0.25) is 0 Å². The molecule has 4 aromatic rings. The molecule has 0 amide bonds. The zero-order valence-corrected chi connectivity index (χ0v) is 21.7. The Kier molecular flexibility index (Phi) is 7.48. The van der Waals surface area contributed by atoms with Crippen molar-refractivity contribution in [1.82, 2.24) is 34.7 Å². The molecule has 1 aliphatic rings. The molecule has 10 nitrogen and oxygen atoms in total. The Labute approximate surface area is 220 Å². The molecular formula is C28H33N7O3. The molecule has 1 aromatic carbocycles. The highest BCUT2D eigenvalue weighted by molar-refractivity contribution is 5.71. The van der Waals surface area contributed by atoms with E-state index in [0.717, 1.165) is 60.1 Å². The number of carboxylic acid groups (broad SMARTS) is 1. The number of hydrogen-bond donors (Lipinski definition) is 2. The lowest BCUT2D eigenvalue weighted by Gasteiger charge is -2.22.